The number of amides is 1. The molecule has 9 heteroatoms. The van der Waals surface area contributed by atoms with E-state index in [0.29, 0.717) is 24.9 Å². The van der Waals surface area contributed by atoms with Crippen LogP contribution in [0.4, 0.5) is 18.3 Å². The van der Waals surface area contributed by atoms with Crippen LogP contribution in [0, 0.1) is 0 Å². The fourth-order valence-electron chi connectivity index (χ4n) is 6.92. The second kappa shape index (κ2) is 11.3. The molecule has 1 aliphatic heterocycles. The Hall–Kier alpha value is -3.43. The van der Waals surface area contributed by atoms with Gasteiger partial charge in [0, 0.05) is 25.2 Å². The Bertz CT molecular complexity index is 1490. The number of hydrogen-bond acceptors (Lipinski definition) is 5. The van der Waals surface area contributed by atoms with Gasteiger partial charge in [-0.25, -0.2) is 4.98 Å². The zero-order valence-electron chi connectivity index (χ0n) is 23.8. The molecule has 0 saturated carbocycles. The normalized spacial score (nSPS) is 20.0. The molecule has 1 N–H and O–H groups in total. The molecule has 1 aliphatic carbocycles. The fourth-order valence-corrected chi connectivity index (χ4v) is 7.90. The van der Waals surface area contributed by atoms with Gasteiger partial charge >= 0.3 is 6.18 Å². The highest BCUT2D eigenvalue weighted by Gasteiger charge is 2.49. The summed E-state index contributed by atoms with van der Waals surface area (Å²) in [7, 11) is 0. The Morgan fingerprint density at radius 2 is 1.52 bits per heavy atom. The van der Waals surface area contributed by atoms with Gasteiger partial charge in [0.15, 0.2) is 5.13 Å². The minimum atomic E-state index is -4.48. The topological polar surface area (TPSA) is 48.5 Å². The number of aromatic nitrogens is 1. The molecule has 1 aromatic heterocycles. The standard InChI is InChI=1S/C33H35F3N4OS/c1-22-19-39(31-38-28-15-7-8-16-29(28)42-31)20-23(2)40(22)18-10-9-17-32(30(41)37-21-33(34,35)36)26-13-5-3-11-24(26)25-12-4-6-14-27(25)32/h3-8,11-16,22-23H,9-10,17-21H2,1-2H3,(H,37,41)/t22-,23+. The maximum atomic E-state index is 13.7. The van der Waals surface area contributed by atoms with Gasteiger partial charge in [-0.3, -0.25) is 9.69 Å². The molecule has 2 heterocycles. The number of anilines is 1. The summed E-state index contributed by atoms with van der Waals surface area (Å²) in [5.74, 6) is -0.580. The number of halogens is 3. The van der Waals surface area contributed by atoms with E-state index in [4.69, 9.17) is 4.98 Å². The second-order valence-electron chi connectivity index (χ2n) is 11.6. The SMILES string of the molecule is C[C@@H]1CN(c2nc3ccccc3s2)C[C@H](C)N1CCCCC1(C(=O)NCC(F)(F)F)c2ccccc2-c2ccccc21. The second-order valence-corrected chi connectivity index (χ2v) is 12.6. The van der Waals surface area contributed by atoms with Gasteiger partial charge in [0.2, 0.25) is 5.91 Å². The van der Waals surface area contributed by atoms with Crippen LogP contribution in [0.1, 0.15) is 44.2 Å². The van der Waals surface area contributed by atoms with Gasteiger partial charge < -0.3 is 10.2 Å². The number of thiazole rings is 1. The lowest BCUT2D eigenvalue weighted by Crippen LogP contribution is -2.57. The van der Waals surface area contributed by atoms with E-state index in [0.717, 1.165) is 59.0 Å². The maximum Gasteiger partial charge on any atom is 0.405 e. The number of unbranched alkanes of at least 4 members (excludes halogenated alkanes) is 1. The third kappa shape index (κ3) is 5.28. The van der Waals surface area contributed by atoms with E-state index in [9.17, 15) is 18.0 Å². The molecule has 0 spiro atoms. The summed E-state index contributed by atoms with van der Waals surface area (Å²) >= 11 is 1.73. The van der Waals surface area contributed by atoms with Crippen molar-refractivity contribution in [2.45, 2.75) is 56.8 Å². The number of benzene rings is 3. The number of fused-ring (bicyclic) bond motifs is 4. The number of alkyl halides is 3. The monoisotopic (exact) mass is 592 g/mol. The maximum absolute atomic E-state index is 13.7. The Labute approximate surface area is 248 Å². The molecule has 1 fully saturated rings. The minimum absolute atomic E-state index is 0.317. The van der Waals surface area contributed by atoms with Gasteiger partial charge in [-0.15, -0.1) is 0 Å². The number of nitrogens with zero attached hydrogens (tertiary/aromatic N) is 3. The first-order chi connectivity index (χ1) is 20.2. The number of para-hydroxylation sites is 1. The van der Waals surface area contributed by atoms with Crippen molar-refractivity contribution in [3.05, 3.63) is 83.9 Å². The van der Waals surface area contributed by atoms with Crippen LogP contribution in [0.15, 0.2) is 72.8 Å². The summed E-state index contributed by atoms with van der Waals surface area (Å²) in [6, 6.07) is 24.1. The number of hydrogen-bond donors (Lipinski definition) is 1. The number of rotatable bonds is 8. The van der Waals surface area contributed by atoms with Crippen molar-refractivity contribution >= 4 is 32.6 Å². The minimum Gasteiger partial charge on any atom is -0.346 e. The summed E-state index contributed by atoms with van der Waals surface area (Å²) < 4.78 is 40.7. The van der Waals surface area contributed by atoms with Gasteiger partial charge in [0.05, 0.1) is 10.2 Å². The molecule has 2 atom stereocenters. The quantitative estimate of drug-likeness (QED) is 0.224. The predicted molar refractivity (Wildman–Crippen MR) is 163 cm³/mol. The van der Waals surface area contributed by atoms with Gasteiger partial charge in [-0.1, -0.05) is 78.4 Å². The average Bonchev–Trinajstić information content (AvgIpc) is 3.53. The molecule has 220 valence electrons. The van der Waals surface area contributed by atoms with E-state index < -0.39 is 24.0 Å². The molecule has 0 radical (unpaired) electrons. The molecule has 1 saturated heterocycles. The van der Waals surface area contributed by atoms with E-state index in [2.05, 4.69) is 41.1 Å². The van der Waals surface area contributed by atoms with E-state index in [1.165, 1.54) is 4.70 Å². The first-order valence-electron chi connectivity index (χ1n) is 14.6. The van der Waals surface area contributed by atoms with Crippen molar-refractivity contribution in [3.8, 4) is 11.1 Å². The molecule has 0 unspecified atom stereocenters. The lowest BCUT2D eigenvalue weighted by Gasteiger charge is -2.44. The highest BCUT2D eigenvalue weighted by molar-refractivity contribution is 7.22. The van der Waals surface area contributed by atoms with E-state index in [1.54, 1.807) is 11.3 Å². The van der Waals surface area contributed by atoms with Crippen LogP contribution >= 0.6 is 11.3 Å². The highest BCUT2D eigenvalue weighted by Crippen LogP contribution is 2.51. The lowest BCUT2D eigenvalue weighted by atomic mass is 9.73. The van der Waals surface area contributed by atoms with Crippen molar-refractivity contribution in [2.24, 2.45) is 0 Å². The summed E-state index contributed by atoms with van der Waals surface area (Å²) in [6.07, 6.45) is -2.48. The van der Waals surface area contributed by atoms with Crippen molar-refractivity contribution in [1.82, 2.24) is 15.2 Å². The zero-order valence-corrected chi connectivity index (χ0v) is 24.6. The van der Waals surface area contributed by atoms with E-state index in [1.807, 2.05) is 60.7 Å². The highest BCUT2D eigenvalue weighted by atomic mass is 32.1. The largest absolute Gasteiger partial charge is 0.405 e. The molecule has 2 aliphatic rings. The van der Waals surface area contributed by atoms with Gasteiger partial charge in [-0.2, -0.15) is 13.2 Å². The van der Waals surface area contributed by atoms with Crippen LogP contribution in [0.5, 0.6) is 0 Å². The molecule has 4 aromatic rings. The van der Waals surface area contributed by atoms with Crippen LogP contribution in [0.2, 0.25) is 0 Å². The predicted octanol–water partition coefficient (Wildman–Crippen LogP) is 7.01. The Kier molecular flexibility index (Phi) is 7.74. The van der Waals surface area contributed by atoms with Gasteiger partial charge in [0.25, 0.3) is 0 Å². The molecule has 0 bridgehead atoms. The lowest BCUT2D eigenvalue weighted by molar-refractivity contribution is -0.141. The molecule has 6 rings (SSSR count). The first kappa shape index (κ1) is 28.7. The fraction of sp³-hybridized carbons (Fsp3) is 0.394. The molecular weight excluding hydrogens is 557 g/mol. The average molecular weight is 593 g/mol. The summed E-state index contributed by atoms with van der Waals surface area (Å²) in [6.45, 7) is 5.77. The third-order valence-corrected chi connectivity index (χ3v) is 9.87. The smallest absolute Gasteiger partial charge is 0.346 e. The van der Waals surface area contributed by atoms with Crippen molar-refractivity contribution < 1.29 is 18.0 Å². The first-order valence-corrected chi connectivity index (χ1v) is 15.4. The molecule has 3 aromatic carbocycles. The Morgan fingerprint density at radius 1 is 0.929 bits per heavy atom. The zero-order chi connectivity index (χ0) is 29.5. The van der Waals surface area contributed by atoms with Crippen molar-refractivity contribution in [3.63, 3.8) is 0 Å². The van der Waals surface area contributed by atoms with Crippen LogP contribution in [-0.2, 0) is 10.2 Å². The van der Waals surface area contributed by atoms with Crippen LogP contribution in [0.3, 0.4) is 0 Å². The van der Waals surface area contributed by atoms with Crippen molar-refractivity contribution in [1.29, 1.82) is 0 Å². The summed E-state index contributed by atoms with van der Waals surface area (Å²) in [5, 5.41) is 3.29. The van der Waals surface area contributed by atoms with E-state index >= 15 is 0 Å². The van der Waals surface area contributed by atoms with Gasteiger partial charge in [0.1, 0.15) is 12.0 Å². The number of piperazine rings is 1. The van der Waals surface area contributed by atoms with E-state index in [-0.39, 0.29) is 0 Å². The van der Waals surface area contributed by atoms with Crippen LogP contribution in [0.25, 0.3) is 21.3 Å². The van der Waals surface area contributed by atoms with Crippen LogP contribution in [-0.4, -0.2) is 60.2 Å². The summed E-state index contributed by atoms with van der Waals surface area (Å²) in [4.78, 5) is 23.5. The number of nitrogens with one attached hydrogen (secondary N) is 1. The Balaban J connectivity index is 1.16. The molecular formula is C33H35F3N4OS. The number of carbonyl (C=O) groups excluding carboxylic acids is 1. The Morgan fingerprint density at radius 3 is 2.14 bits per heavy atom. The number of carbonyl (C=O) groups is 1. The third-order valence-electron chi connectivity index (χ3n) is 8.77. The molecule has 42 heavy (non-hydrogen) atoms. The van der Waals surface area contributed by atoms with Gasteiger partial charge in [-0.05, 0) is 67.6 Å². The van der Waals surface area contributed by atoms with Crippen molar-refractivity contribution in [2.75, 3.05) is 31.1 Å². The molecule has 1 amide bonds. The summed E-state index contributed by atoms with van der Waals surface area (Å²) in [5.41, 5.74) is 3.30. The molecule has 5 nitrogen and oxygen atoms in total. The van der Waals surface area contributed by atoms with Crippen LogP contribution < -0.4 is 10.2 Å².